The van der Waals surface area contributed by atoms with Gasteiger partial charge in [-0.3, -0.25) is 4.90 Å². The number of hydrogen-bond donors (Lipinski definition) is 2. The average molecular weight is 519 g/mol. The molecule has 2 aliphatic rings. The van der Waals surface area contributed by atoms with E-state index in [1.54, 1.807) is 16.9 Å². The standard InChI is InChI=1S/C27H34N8O3/c1-3-38-22-14-23(25-21(15-28)17-30-35(25)18-22)20-4-5-24(29-16-20)34-8-6-27(7-9-34,31-26(36)37)19-33-12-10-32(2)11-13-33/h4-5,14,16-18,31H,3,6-13,19H2,1-2H3,(H,36,37). The number of amides is 1. The van der Waals surface area contributed by atoms with Crippen LogP contribution in [-0.2, 0) is 0 Å². The van der Waals surface area contributed by atoms with Crippen molar-refractivity contribution >= 4 is 17.4 Å². The van der Waals surface area contributed by atoms with Crippen LogP contribution >= 0.6 is 0 Å². The van der Waals surface area contributed by atoms with Crippen LogP contribution < -0.4 is 15.0 Å². The van der Waals surface area contributed by atoms with Crippen molar-refractivity contribution in [2.24, 2.45) is 0 Å². The summed E-state index contributed by atoms with van der Waals surface area (Å²) < 4.78 is 7.39. The molecule has 0 saturated carbocycles. The SMILES string of the molecule is CCOc1cc(-c2ccc(N3CCC(CN4CCN(C)CC4)(NC(=O)O)CC3)nc2)c2c(C#N)cnn2c1. The highest BCUT2D eigenvalue weighted by atomic mass is 16.5. The Labute approximate surface area is 222 Å². The lowest BCUT2D eigenvalue weighted by Gasteiger charge is -2.46. The van der Waals surface area contributed by atoms with E-state index in [1.807, 2.05) is 31.3 Å². The molecule has 3 aromatic rings. The number of nitrogens with zero attached hydrogens (tertiary/aromatic N) is 7. The van der Waals surface area contributed by atoms with Crippen molar-refractivity contribution in [1.29, 1.82) is 5.26 Å². The minimum Gasteiger partial charge on any atom is -0.492 e. The molecule has 5 heterocycles. The van der Waals surface area contributed by atoms with E-state index in [0.29, 0.717) is 43.9 Å². The molecule has 11 heteroatoms. The zero-order chi connectivity index (χ0) is 26.7. The molecule has 200 valence electrons. The number of aromatic nitrogens is 3. The van der Waals surface area contributed by atoms with Crippen molar-refractivity contribution in [3.05, 3.63) is 42.4 Å². The molecule has 0 radical (unpaired) electrons. The lowest BCUT2D eigenvalue weighted by Crippen LogP contribution is -2.62. The Kier molecular flexibility index (Phi) is 7.35. The topological polar surface area (TPSA) is 122 Å². The van der Waals surface area contributed by atoms with Crippen LogP contribution in [0.3, 0.4) is 0 Å². The highest BCUT2D eigenvalue weighted by Gasteiger charge is 2.38. The van der Waals surface area contributed by atoms with E-state index in [2.05, 4.69) is 38.2 Å². The number of nitrogens with one attached hydrogen (secondary N) is 1. The average Bonchev–Trinajstić information content (AvgIpc) is 3.33. The molecule has 0 aliphatic carbocycles. The van der Waals surface area contributed by atoms with Crippen molar-refractivity contribution < 1.29 is 14.6 Å². The van der Waals surface area contributed by atoms with Gasteiger partial charge in [-0.05, 0) is 45.0 Å². The maximum Gasteiger partial charge on any atom is 0.405 e. The molecule has 1 amide bonds. The van der Waals surface area contributed by atoms with Gasteiger partial charge in [0.1, 0.15) is 17.6 Å². The van der Waals surface area contributed by atoms with Crippen LogP contribution in [0.4, 0.5) is 10.6 Å². The van der Waals surface area contributed by atoms with Gasteiger partial charge in [-0.15, -0.1) is 0 Å². The number of carbonyl (C=O) groups is 1. The van der Waals surface area contributed by atoms with Gasteiger partial charge < -0.3 is 25.0 Å². The Morgan fingerprint density at radius 2 is 1.95 bits per heavy atom. The fourth-order valence-corrected chi connectivity index (χ4v) is 5.52. The Morgan fingerprint density at radius 3 is 2.58 bits per heavy atom. The summed E-state index contributed by atoms with van der Waals surface area (Å²) >= 11 is 0. The summed E-state index contributed by atoms with van der Waals surface area (Å²) in [6, 6.07) is 8.13. The first-order chi connectivity index (χ1) is 18.4. The molecule has 5 rings (SSSR count). The van der Waals surface area contributed by atoms with Crippen LogP contribution in [0.15, 0.2) is 36.8 Å². The first-order valence-electron chi connectivity index (χ1n) is 13.1. The molecule has 38 heavy (non-hydrogen) atoms. The molecule has 2 aliphatic heterocycles. The second kappa shape index (κ2) is 10.8. The number of fused-ring (bicyclic) bond motifs is 1. The van der Waals surface area contributed by atoms with Crippen molar-refractivity contribution in [3.63, 3.8) is 0 Å². The largest absolute Gasteiger partial charge is 0.492 e. The highest BCUT2D eigenvalue weighted by molar-refractivity contribution is 5.85. The van der Waals surface area contributed by atoms with E-state index >= 15 is 0 Å². The highest BCUT2D eigenvalue weighted by Crippen LogP contribution is 2.32. The predicted molar refractivity (Wildman–Crippen MR) is 144 cm³/mol. The van der Waals surface area contributed by atoms with Gasteiger partial charge in [-0.1, -0.05) is 0 Å². The lowest BCUT2D eigenvalue weighted by molar-refractivity contribution is 0.0975. The van der Waals surface area contributed by atoms with Crippen molar-refractivity contribution in [2.75, 3.05) is 64.4 Å². The van der Waals surface area contributed by atoms with Gasteiger partial charge in [0.2, 0.25) is 0 Å². The fourth-order valence-electron chi connectivity index (χ4n) is 5.52. The summed E-state index contributed by atoms with van der Waals surface area (Å²) in [5.41, 5.74) is 2.45. The third-order valence-corrected chi connectivity index (χ3v) is 7.62. The molecule has 0 atom stereocenters. The van der Waals surface area contributed by atoms with Gasteiger partial charge in [0.15, 0.2) is 0 Å². The summed E-state index contributed by atoms with van der Waals surface area (Å²) in [5.74, 6) is 1.52. The zero-order valence-corrected chi connectivity index (χ0v) is 21.9. The minimum atomic E-state index is -0.965. The molecule has 11 nitrogen and oxygen atoms in total. The minimum absolute atomic E-state index is 0.459. The molecule has 2 fully saturated rings. The fraction of sp³-hybridized carbons (Fsp3) is 0.481. The molecule has 2 saturated heterocycles. The molecule has 0 unspecified atom stereocenters. The maximum atomic E-state index is 11.7. The van der Waals surface area contributed by atoms with Crippen LogP contribution in [0, 0.1) is 11.3 Å². The van der Waals surface area contributed by atoms with E-state index in [9.17, 15) is 15.2 Å². The number of pyridine rings is 2. The van der Waals surface area contributed by atoms with Crippen molar-refractivity contribution in [2.45, 2.75) is 25.3 Å². The van der Waals surface area contributed by atoms with E-state index in [0.717, 1.165) is 55.2 Å². The van der Waals surface area contributed by atoms with Crippen LogP contribution in [0.2, 0.25) is 0 Å². The third kappa shape index (κ3) is 5.37. The molecular formula is C27H34N8O3. The Hall–Kier alpha value is -3.88. The van der Waals surface area contributed by atoms with Crippen LogP contribution in [0.1, 0.15) is 25.3 Å². The number of likely N-dealkylation sites (N-methyl/N-ethyl adjacent to an activating group) is 1. The smallest absolute Gasteiger partial charge is 0.405 e. The third-order valence-electron chi connectivity index (χ3n) is 7.62. The van der Waals surface area contributed by atoms with Crippen molar-refractivity contribution in [1.82, 2.24) is 29.7 Å². The molecule has 0 spiro atoms. The number of ether oxygens (including phenoxy) is 1. The summed E-state index contributed by atoms with van der Waals surface area (Å²) in [5, 5.41) is 26.4. The molecule has 3 aromatic heterocycles. The Morgan fingerprint density at radius 1 is 1.18 bits per heavy atom. The van der Waals surface area contributed by atoms with Gasteiger partial charge in [0.05, 0.1) is 35.6 Å². The lowest BCUT2D eigenvalue weighted by atomic mass is 9.86. The molecular weight excluding hydrogens is 484 g/mol. The van der Waals surface area contributed by atoms with E-state index < -0.39 is 11.6 Å². The Bertz CT molecular complexity index is 1320. The van der Waals surface area contributed by atoms with Gasteiger partial charge in [0, 0.05) is 63.1 Å². The number of hydrogen-bond acceptors (Lipinski definition) is 8. The quantitative estimate of drug-likeness (QED) is 0.486. The van der Waals surface area contributed by atoms with E-state index in [1.165, 1.54) is 0 Å². The van der Waals surface area contributed by atoms with Gasteiger partial charge in [0.25, 0.3) is 0 Å². The Balaban J connectivity index is 1.33. The molecule has 0 bridgehead atoms. The normalized spacial score (nSPS) is 18.3. The van der Waals surface area contributed by atoms with Crippen LogP contribution in [0.5, 0.6) is 5.75 Å². The number of anilines is 1. The summed E-state index contributed by atoms with van der Waals surface area (Å²) in [6.07, 6.45) is 5.62. The molecule has 2 N–H and O–H groups in total. The zero-order valence-electron chi connectivity index (χ0n) is 21.9. The number of nitriles is 1. The monoisotopic (exact) mass is 518 g/mol. The second-order valence-corrected chi connectivity index (χ2v) is 10.2. The van der Waals surface area contributed by atoms with Gasteiger partial charge in [-0.2, -0.15) is 10.4 Å². The maximum absolute atomic E-state index is 11.7. The number of piperazine rings is 1. The van der Waals surface area contributed by atoms with Gasteiger partial charge in [-0.25, -0.2) is 14.3 Å². The first-order valence-corrected chi connectivity index (χ1v) is 13.1. The van der Waals surface area contributed by atoms with Crippen molar-refractivity contribution in [3.8, 4) is 22.9 Å². The number of carboxylic acid groups (broad SMARTS) is 1. The van der Waals surface area contributed by atoms with E-state index in [4.69, 9.17) is 9.72 Å². The molecule has 0 aromatic carbocycles. The predicted octanol–water partition coefficient (Wildman–Crippen LogP) is 2.52. The second-order valence-electron chi connectivity index (χ2n) is 10.2. The van der Waals surface area contributed by atoms with Crippen LogP contribution in [0.25, 0.3) is 16.6 Å². The summed E-state index contributed by atoms with van der Waals surface area (Å²) in [4.78, 5) is 23.3. The summed E-state index contributed by atoms with van der Waals surface area (Å²) in [7, 11) is 2.12. The van der Waals surface area contributed by atoms with Gasteiger partial charge >= 0.3 is 6.09 Å². The first kappa shape index (κ1) is 25.8. The van der Waals surface area contributed by atoms with E-state index in [-0.39, 0.29) is 0 Å². The number of rotatable bonds is 7. The summed E-state index contributed by atoms with van der Waals surface area (Å²) in [6.45, 7) is 8.51. The number of piperidine rings is 1. The van der Waals surface area contributed by atoms with Crippen LogP contribution in [-0.4, -0.2) is 101 Å².